The summed E-state index contributed by atoms with van der Waals surface area (Å²) in [5, 5.41) is 3.29. The van der Waals surface area contributed by atoms with E-state index < -0.39 is 0 Å². The molecule has 0 aliphatic carbocycles. The molecular weight excluding hydrogens is 250 g/mol. The smallest absolute Gasteiger partial charge is 0.156 e. The number of hydrogen-bond donors (Lipinski definition) is 1. The summed E-state index contributed by atoms with van der Waals surface area (Å²) >= 11 is 9.03. The van der Waals surface area contributed by atoms with E-state index >= 15 is 0 Å². The molecule has 2 N–H and O–H groups in total. The SMILES string of the molecule is Cc1csc(Sc2ncc(N)cc2Cl)n1. The summed E-state index contributed by atoms with van der Waals surface area (Å²) in [5.74, 6) is 0. The van der Waals surface area contributed by atoms with E-state index in [1.807, 2.05) is 12.3 Å². The fourth-order valence-electron chi connectivity index (χ4n) is 0.977. The van der Waals surface area contributed by atoms with Gasteiger partial charge in [0.05, 0.1) is 16.9 Å². The summed E-state index contributed by atoms with van der Waals surface area (Å²) in [6, 6.07) is 1.69. The first-order valence-corrected chi connectivity index (χ1v) is 6.23. The Labute approximate surface area is 101 Å². The normalized spacial score (nSPS) is 10.5. The van der Waals surface area contributed by atoms with Gasteiger partial charge in [0, 0.05) is 11.1 Å². The third kappa shape index (κ3) is 2.62. The molecule has 0 aliphatic heterocycles. The van der Waals surface area contributed by atoms with Gasteiger partial charge in [-0.15, -0.1) is 11.3 Å². The second-order valence-corrected chi connectivity index (χ2v) is 5.41. The molecule has 3 nitrogen and oxygen atoms in total. The van der Waals surface area contributed by atoms with Crippen LogP contribution in [0, 0.1) is 6.92 Å². The molecule has 0 bridgehead atoms. The van der Waals surface area contributed by atoms with Gasteiger partial charge in [-0.2, -0.15) is 0 Å². The Bertz CT molecular complexity index is 484. The van der Waals surface area contributed by atoms with Crippen molar-refractivity contribution in [3.8, 4) is 0 Å². The van der Waals surface area contributed by atoms with Crippen LogP contribution in [0.25, 0.3) is 0 Å². The topological polar surface area (TPSA) is 51.8 Å². The summed E-state index contributed by atoms with van der Waals surface area (Å²) in [5.41, 5.74) is 7.13. The molecule has 15 heavy (non-hydrogen) atoms. The van der Waals surface area contributed by atoms with E-state index in [0.29, 0.717) is 10.7 Å². The van der Waals surface area contributed by atoms with Gasteiger partial charge in [0.15, 0.2) is 4.34 Å². The number of aromatic nitrogens is 2. The number of nitrogen functional groups attached to an aromatic ring is 1. The van der Waals surface area contributed by atoms with Crippen molar-refractivity contribution >= 4 is 40.4 Å². The van der Waals surface area contributed by atoms with Crippen LogP contribution in [0.2, 0.25) is 5.02 Å². The zero-order chi connectivity index (χ0) is 10.8. The molecule has 0 saturated heterocycles. The van der Waals surface area contributed by atoms with Crippen LogP contribution in [-0.2, 0) is 0 Å². The molecule has 0 aromatic carbocycles. The largest absolute Gasteiger partial charge is 0.397 e. The number of anilines is 1. The number of hydrogen-bond acceptors (Lipinski definition) is 5. The number of nitrogens with zero attached hydrogens (tertiary/aromatic N) is 2. The second-order valence-electron chi connectivity index (χ2n) is 2.91. The van der Waals surface area contributed by atoms with Crippen molar-refractivity contribution in [2.24, 2.45) is 0 Å². The Kier molecular flexibility index (Phi) is 3.14. The quantitative estimate of drug-likeness (QED) is 0.897. The number of rotatable bonds is 2. The minimum Gasteiger partial charge on any atom is -0.397 e. The predicted octanol–water partition coefficient (Wildman–Crippen LogP) is 3.23. The summed E-state index contributed by atoms with van der Waals surface area (Å²) < 4.78 is 0.937. The highest BCUT2D eigenvalue weighted by Gasteiger charge is 2.07. The first-order valence-electron chi connectivity index (χ1n) is 4.16. The molecule has 0 radical (unpaired) electrons. The minimum absolute atomic E-state index is 0.563. The summed E-state index contributed by atoms with van der Waals surface area (Å²) in [6.07, 6.45) is 1.59. The maximum Gasteiger partial charge on any atom is 0.156 e. The number of aryl methyl sites for hydroxylation is 1. The molecule has 6 heteroatoms. The highest BCUT2D eigenvalue weighted by molar-refractivity contribution is 8.01. The number of halogens is 1. The average molecular weight is 258 g/mol. The summed E-state index contributed by atoms with van der Waals surface area (Å²) in [7, 11) is 0. The molecule has 0 saturated carbocycles. The number of thiazole rings is 1. The van der Waals surface area contributed by atoms with Crippen LogP contribution in [0.3, 0.4) is 0 Å². The lowest BCUT2D eigenvalue weighted by Gasteiger charge is -2.00. The molecule has 2 aromatic rings. The fraction of sp³-hybridized carbons (Fsp3) is 0.111. The number of pyridine rings is 1. The van der Waals surface area contributed by atoms with Crippen LogP contribution in [0.5, 0.6) is 0 Å². The highest BCUT2D eigenvalue weighted by Crippen LogP contribution is 2.33. The van der Waals surface area contributed by atoms with Gasteiger partial charge in [0.1, 0.15) is 5.03 Å². The molecule has 2 rings (SSSR count). The third-order valence-electron chi connectivity index (χ3n) is 1.61. The third-order valence-corrected chi connectivity index (χ3v) is 4.09. The lowest BCUT2D eigenvalue weighted by Crippen LogP contribution is -1.88. The number of nitrogens with two attached hydrogens (primary N) is 1. The first-order chi connectivity index (χ1) is 7.15. The Balaban J connectivity index is 2.24. The Morgan fingerprint density at radius 3 is 2.93 bits per heavy atom. The van der Waals surface area contributed by atoms with Crippen molar-refractivity contribution in [2.45, 2.75) is 16.3 Å². The van der Waals surface area contributed by atoms with Crippen LogP contribution < -0.4 is 5.73 Å². The lowest BCUT2D eigenvalue weighted by molar-refractivity contribution is 1.11. The first kappa shape index (κ1) is 10.7. The molecule has 78 valence electrons. The van der Waals surface area contributed by atoms with Crippen molar-refractivity contribution < 1.29 is 0 Å². The van der Waals surface area contributed by atoms with E-state index in [4.69, 9.17) is 17.3 Å². The van der Waals surface area contributed by atoms with Gasteiger partial charge >= 0.3 is 0 Å². The molecule has 0 amide bonds. The molecule has 0 aliphatic rings. The van der Waals surface area contributed by atoms with Gasteiger partial charge < -0.3 is 5.73 Å². The van der Waals surface area contributed by atoms with E-state index in [2.05, 4.69) is 9.97 Å². The van der Waals surface area contributed by atoms with E-state index in [1.165, 1.54) is 11.8 Å². The van der Waals surface area contributed by atoms with Gasteiger partial charge in [0.2, 0.25) is 0 Å². The average Bonchev–Trinajstić information content (AvgIpc) is 2.56. The standard InChI is InChI=1S/C9H8ClN3S2/c1-5-4-14-9(13-5)15-8-7(10)2-6(11)3-12-8/h2-4H,11H2,1H3. The van der Waals surface area contributed by atoms with E-state index in [9.17, 15) is 0 Å². The van der Waals surface area contributed by atoms with Gasteiger partial charge in [-0.05, 0) is 24.8 Å². The summed E-state index contributed by atoms with van der Waals surface area (Å²) in [6.45, 7) is 1.96. The maximum atomic E-state index is 6.00. The predicted molar refractivity (Wildman–Crippen MR) is 64.6 cm³/mol. The van der Waals surface area contributed by atoms with E-state index in [0.717, 1.165) is 15.1 Å². The van der Waals surface area contributed by atoms with Crippen molar-refractivity contribution in [1.82, 2.24) is 9.97 Å². The molecule has 0 atom stereocenters. The Hall–Kier alpha value is -0.780. The van der Waals surface area contributed by atoms with E-state index in [-0.39, 0.29) is 0 Å². The van der Waals surface area contributed by atoms with Gasteiger partial charge in [0.25, 0.3) is 0 Å². The van der Waals surface area contributed by atoms with Crippen molar-refractivity contribution in [3.05, 3.63) is 28.4 Å². The monoisotopic (exact) mass is 257 g/mol. The van der Waals surface area contributed by atoms with Crippen molar-refractivity contribution in [2.75, 3.05) is 5.73 Å². The zero-order valence-electron chi connectivity index (χ0n) is 7.90. The zero-order valence-corrected chi connectivity index (χ0v) is 10.3. The highest BCUT2D eigenvalue weighted by atomic mass is 35.5. The van der Waals surface area contributed by atoms with Gasteiger partial charge in [-0.3, -0.25) is 0 Å². The summed E-state index contributed by atoms with van der Waals surface area (Å²) in [4.78, 5) is 8.48. The molecular formula is C9H8ClN3S2. The lowest BCUT2D eigenvalue weighted by atomic mass is 10.4. The van der Waals surface area contributed by atoms with Crippen LogP contribution in [0.15, 0.2) is 27.0 Å². The molecule has 0 spiro atoms. The molecule has 0 fully saturated rings. The maximum absolute atomic E-state index is 6.00. The molecule has 0 unspecified atom stereocenters. The van der Waals surface area contributed by atoms with Gasteiger partial charge in [-0.1, -0.05) is 11.6 Å². The molecule has 2 aromatic heterocycles. The second kappa shape index (κ2) is 4.38. The van der Waals surface area contributed by atoms with Crippen molar-refractivity contribution in [1.29, 1.82) is 0 Å². The van der Waals surface area contributed by atoms with E-state index in [1.54, 1.807) is 23.6 Å². The van der Waals surface area contributed by atoms with Crippen LogP contribution in [-0.4, -0.2) is 9.97 Å². The van der Waals surface area contributed by atoms with Crippen LogP contribution in [0.4, 0.5) is 5.69 Å². The minimum atomic E-state index is 0.563. The Morgan fingerprint density at radius 2 is 2.33 bits per heavy atom. The molecule has 2 heterocycles. The Morgan fingerprint density at radius 1 is 1.53 bits per heavy atom. The fourth-order valence-corrected chi connectivity index (χ4v) is 2.98. The van der Waals surface area contributed by atoms with Crippen molar-refractivity contribution in [3.63, 3.8) is 0 Å². The van der Waals surface area contributed by atoms with Crippen LogP contribution >= 0.6 is 34.7 Å². The van der Waals surface area contributed by atoms with Gasteiger partial charge in [-0.25, -0.2) is 9.97 Å². The van der Waals surface area contributed by atoms with Crippen LogP contribution in [0.1, 0.15) is 5.69 Å².